The van der Waals surface area contributed by atoms with Crippen LogP contribution in [0.4, 0.5) is 18.0 Å². The number of alkyl carbamates (subject to hydrolysis) is 1. The van der Waals surface area contributed by atoms with Crippen molar-refractivity contribution in [1.82, 2.24) is 5.32 Å². The zero-order valence-electron chi connectivity index (χ0n) is 10.1. The lowest BCUT2D eigenvalue weighted by Crippen LogP contribution is -2.42. The number of alkyl halides is 3. The maximum atomic E-state index is 11.9. The van der Waals surface area contributed by atoms with Crippen molar-refractivity contribution in [2.45, 2.75) is 18.6 Å². The van der Waals surface area contributed by atoms with Gasteiger partial charge in [0.25, 0.3) is 0 Å². The predicted molar refractivity (Wildman–Crippen MR) is 63.5 cm³/mol. The zero-order chi connectivity index (χ0) is 14.3. The molecule has 19 heavy (non-hydrogen) atoms. The highest BCUT2D eigenvalue weighted by Gasteiger charge is 2.29. The van der Waals surface area contributed by atoms with Crippen LogP contribution in [0.25, 0.3) is 0 Å². The van der Waals surface area contributed by atoms with Crippen molar-refractivity contribution < 1.29 is 22.7 Å². The first kappa shape index (κ1) is 15.3. The van der Waals surface area contributed by atoms with Crippen LogP contribution in [0, 0.1) is 0 Å². The van der Waals surface area contributed by atoms with Gasteiger partial charge in [0, 0.05) is 12.6 Å². The summed E-state index contributed by atoms with van der Waals surface area (Å²) in [7, 11) is 0. The van der Waals surface area contributed by atoms with Gasteiger partial charge in [0.1, 0.15) is 0 Å². The molecular weight excluding hydrogens is 261 g/mol. The van der Waals surface area contributed by atoms with Gasteiger partial charge in [-0.15, -0.1) is 0 Å². The molecule has 0 radical (unpaired) electrons. The monoisotopic (exact) mass is 276 g/mol. The molecule has 0 fully saturated rings. The lowest BCUT2D eigenvalue weighted by atomic mass is 10.1. The Morgan fingerprint density at radius 3 is 2.47 bits per heavy atom. The quantitative estimate of drug-likeness (QED) is 0.862. The van der Waals surface area contributed by atoms with Gasteiger partial charge in [-0.1, -0.05) is 30.3 Å². The molecule has 106 valence electrons. The van der Waals surface area contributed by atoms with Gasteiger partial charge in [-0.25, -0.2) is 4.79 Å². The Morgan fingerprint density at radius 1 is 1.32 bits per heavy atom. The van der Waals surface area contributed by atoms with Gasteiger partial charge in [-0.3, -0.25) is 0 Å². The smallest absolute Gasteiger partial charge is 0.422 e. The molecule has 1 atom stereocenters. The molecule has 0 aromatic heterocycles. The Morgan fingerprint density at radius 2 is 1.95 bits per heavy atom. The second kappa shape index (κ2) is 6.98. The maximum Gasteiger partial charge on any atom is 0.422 e. The van der Waals surface area contributed by atoms with Crippen molar-refractivity contribution >= 4 is 6.09 Å². The number of rotatable bonds is 5. The molecule has 7 heteroatoms. The molecule has 0 spiro atoms. The van der Waals surface area contributed by atoms with Crippen molar-refractivity contribution in [3.63, 3.8) is 0 Å². The van der Waals surface area contributed by atoms with Crippen LogP contribution in [0.15, 0.2) is 30.3 Å². The van der Waals surface area contributed by atoms with Crippen LogP contribution in [0.3, 0.4) is 0 Å². The summed E-state index contributed by atoms with van der Waals surface area (Å²) in [4.78, 5) is 11.2. The van der Waals surface area contributed by atoms with Crippen LogP contribution in [0.5, 0.6) is 0 Å². The average Bonchev–Trinajstić information content (AvgIpc) is 2.36. The predicted octanol–water partition coefficient (Wildman–Crippen LogP) is 1.84. The molecule has 3 N–H and O–H groups in total. The van der Waals surface area contributed by atoms with Crippen LogP contribution in [0.1, 0.15) is 5.56 Å². The molecular formula is C12H15F3N2O2. The summed E-state index contributed by atoms with van der Waals surface area (Å²) in [5.74, 6) is 0. The largest absolute Gasteiger partial charge is 0.440 e. The third-order valence-electron chi connectivity index (χ3n) is 2.30. The molecule has 4 nitrogen and oxygen atoms in total. The van der Waals surface area contributed by atoms with E-state index in [2.05, 4.69) is 10.1 Å². The number of benzene rings is 1. The SMILES string of the molecule is NC[C@H](Cc1ccccc1)NC(=O)OCC(F)(F)F. The molecule has 0 aliphatic rings. The molecule has 1 aromatic rings. The molecule has 0 unspecified atom stereocenters. The summed E-state index contributed by atoms with van der Waals surface area (Å²) < 4.78 is 39.6. The van der Waals surface area contributed by atoms with E-state index in [1.807, 2.05) is 30.3 Å². The summed E-state index contributed by atoms with van der Waals surface area (Å²) in [6.07, 6.45) is -5.23. The van der Waals surface area contributed by atoms with Gasteiger partial charge >= 0.3 is 12.3 Å². The van der Waals surface area contributed by atoms with E-state index in [1.54, 1.807) is 0 Å². The van der Waals surface area contributed by atoms with Crippen molar-refractivity contribution in [1.29, 1.82) is 0 Å². The number of carbonyl (C=O) groups is 1. The zero-order valence-corrected chi connectivity index (χ0v) is 10.1. The van der Waals surface area contributed by atoms with Gasteiger partial charge in [-0.2, -0.15) is 13.2 Å². The molecule has 0 aliphatic heterocycles. The van der Waals surface area contributed by atoms with Crippen molar-refractivity contribution in [2.75, 3.05) is 13.2 Å². The number of hydrogen-bond donors (Lipinski definition) is 2. The maximum absolute atomic E-state index is 11.9. The van der Waals surface area contributed by atoms with E-state index in [-0.39, 0.29) is 6.54 Å². The van der Waals surface area contributed by atoms with Crippen LogP contribution >= 0.6 is 0 Å². The molecule has 1 aromatic carbocycles. The highest BCUT2D eigenvalue weighted by atomic mass is 19.4. The standard InChI is InChI=1S/C12H15F3N2O2/c13-12(14,15)8-19-11(18)17-10(7-16)6-9-4-2-1-3-5-9/h1-5,10H,6-8,16H2,(H,17,18)/t10-/m0/s1. The number of ether oxygens (including phenoxy) is 1. The highest BCUT2D eigenvalue weighted by molar-refractivity contribution is 5.67. The van der Waals surface area contributed by atoms with Crippen molar-refractivity contribution in [3.05, 3.63) is 35.9 Å². The van der Waals surface area contributed by atoms with Crippen LogP contribution in [-0.2, 0) is 11.2 Å². The third kappa shape index (κ3) is 6.66. The molecule has 1 rings (SSSR count). The van der Waals surface area contributed by atoms with E-state index in [0.29, 0.717) is 6.42 Å². The Hall–Kier alpha value is -1.76. The van der Waals surface area contributed by atoms with Crippen LogP contribution < -0.4 is 11.1 Å². The third-order valence-corrected chi connectivity index (χ3v) is 2.30. The van der Waals surface area contributed by atoms with E-state index in [0.717, 1.165) is 5.56 Å². The van der Waals surface area contributed by atoms with E-state index in [9.17, 15) is 18.0 Å². The Balaban J connectivity index is 2.42. The number of nitrogens with one attached hydrogen (secondary N) is 1. The Kier molecular flexibility index (Phi) is 5.62. The normalized spacial score (nSPS) is 12.8. The molecule has 0 aliphatic carbocycles. The summed E-state index contributed by atoms with van der Waals surface area (Å²) in [6, 6.07) is 8.70. The minimum atomic E-state index is -4.53. The second-order valence-electron chi connectivity index (χ2n) is 3.96. The average molecular weight is 276 g/mol. The van der Waals surface area contributed by atoms with Gasteiger partial charge in [0.05, 0.1) is 0 Å². The number of nitrogens with two attached hydrogens (primary N) is 1. The fourth-order valence-corrected chi connectivity index (χ4v) is 1.45. The Labute approximate surface area is 108 Å². The number of amides is 1. The van der Waals surface area contributed by atoms with E-state index in [4.69, 9.17) is 5.73 Å². The summed E-state index contributed by atoms with van der Waals surface area (Å²) in [5.41, 5.74) is 6.38. The van der Waals surface area contributed by atoms with Crippen molar-refractivity contribution in [2.24, 2.45) is 5.73 Å². The minimum absolute atomic E-state index is 0.107. The topological polar surface area (TPSA) is 64.3 Å². The summed E-state index contributed by atoms with van der Waals surface area (Å²) >= 11 is 0. The van der Waals surface area contributed by atoms with E-state index >= 15 is 0 Å². The summed E-state index contributed by atoms with van der Waals surface area (Å²) in [6.45, 7) is -1.50. The van der Waals surface area contributed by atoms with Gasteiger partial charge in [-0.05, 0) is 12.0 Å². The molecule has 0 heterocycles. The number of hydrogen-bond acceptors (Lipinski definition) is 3. The van der Waals surface area contributed by atoms with Crippen LogP contribution in [-0.4, -0.2) is 31.5 Å². The number of carbonyl (C=O) groups excluding carboxylic acids is 1. The van der Waals surface area contributed by atoms with Crippen LogP contribution in [0.2, 0.25) is 0 Å². The highest BCUT2D eigenvalue weighted by Crippen LogP contribution is 2.14. The van der Waals surface area contributed by atoms with Gasteiger partial charge < -0.3 is 15.8 Å². The summed E-state index contributed by atoms with van der Waals surface area (Å²) in [5, 5.41) is 2.30. The first-order valence-corrected chi connectivity index (χ1v) is 5.65. The molecule has 0 bridgehead atoms. The fourth-order valence-electron chi connectivity index (χ4n) is 1.45. The lowest BCUT2D eigenvalue weighted by molar-refractivity contribution is -0.160. The van der Waals surface area contributed by atoms with E-state index < -0.39 is 24.9 Å². The first-order chi connectivity index (χ1) is 8.90. The molecule has 0 saturated heterocycles. The fraction of sp³-hybridized carbons (Fsp3) is 0.417. The van der Waals surface area contributed by atoms with Gasteiger partial charge in [0.2, 0.25) is 0 Å². The molecule has 0 saturated carbocycles. The number of halogens is 3. The second-order valence-corrected chi connectivity index (χ2v) is 3.96. The first-order valence-electron chi connectivity index (χ1n) is 5.65. The molecule has 1 amide bonds. The van der Waals surface area contributed by atoms with Crippen molar-refractivity contribution in [3.8, 4) is 0 Å². The van der Waals surface area contributed by atoms with Gasteiger partial charge in [0.15, 0.2) is 6.61 Å². The van der Waals surface area contributed by atoms with E-state index in [1.165, 1.54) is 0 Å². The Bertz CT molecular complexity index is 396. The lowest BCUT2D eigenvalue weighted by Gasteiger charge is -2.17. The minimum Gasteiger partial charge on any atom is -0.440 e.